The van der Waals surface area contributed by atoms with E-state index in [1.165, 1.54) is 11.3 Å². The smallest absolute Gasteiger partial charge is 0.261 e. The summed E-state index contributed by atoms with van der Waals surface area (Å²) >= 11 is 1.28. The van der Waals surface area contributed by atoms with Crippen LogP contribution in [0.4, 0.5) is 0 Å². The fourth-order valence-corrected chi connectivity index (χ4v) is 2.42. The van der Waals surface area contributed by atoms with Gasteiger partial charge in [-0.3, -0.25) is 4.79 Å². The summed E-state index contributed by atoms with van der Waals surface area (Å²) in [4.78, 5) is 13.3. The average molecular weight is 296 g/mol. The Morgan fingerprint density at radius 3 is 2.67 bits per heavy atom. The molecular formula is C16H12N2O2S. The molecule has 2 rings (SSSR count). The first kappa shape index (κ1) is 14.8. The molecule has 0 bridgehead atoms. The zero-order valence-corrected chi connectivity index (χ0v) is 11.9. The predicted molar refractivity (Wildman–Crippen MR) is 80.6 cm³/mol. The molecule has 1 amide bonds. The molecule has 0 saturated carbocycles. The normalized spacial score (nSPS) is 9.33. The average Bonchev–Trinajstić information content (AvgIpc) is 3.00. The quantitative estimate of drug-likeness (QED) is 0.850. The number of nitrogens with zero attached hydrogens (tertiary/aromatic N) is 1. The molecule has 0 aliphatic rings. The van der Waals surface area contributed by atoms with Gasteiger partial charge in [-0.1, -0.05) is 24.0 Å². The summed E-state index contributed by atoms with van der Waals surface area (Å²) in [5, 5.41) is 20.2. The van der Waals surface area contributed by atoms with Gasteiger partial charge in [0.2, 0.25) is 0 Å². The monoisotopic (exact) mass is 296 g/mol. The molecule has 5 heteroatoms. The number of benzene rings is 1. The third-order valence-corrected chi connectivity index (χ3v) is 3.66. The van der Waals surface area contributed by atoms with Crippen LogP contribution in [0.1, 0.15) is 25.7 Å². The van der Waals surface area contributed by atoms with E-state index in [-0.39, 0.29) is 12.5 Å². The van der Waals surface area contributed by atoms with Crippen molar-refractivity contribution < 1.29 is 9.90 Å². The summed E-state index contributed by atoms with van der Waals surface area (Å²) in [5.41, 5.74) is 1.52. The van der Waals surface area contributed by atoms with Crippen LogP contribution in [0, 0.1) is 23.2 Å². The van der Waals surface area contributed by atoms with Crippen molar-refractivity contribution in [3.63, 3.8) is 0 Å². The van der Waals surface area contributed by atoms with Crippen LogP contribution in [0.5, 0.6) is 0 Å². The lowest BCUT2D eigenvalue weighted by Crippen LogP contribution is -2.21. The van der Waals surface area contributed by atoms with E-state index in [4.69, 9.17) is 10.4 Å². The minimum atomic E-state index is -0.196. The van der Waals surface area contributed by atoms with Gasteiger partial charge in [0.1, 0.15) is 6.61 Å². The fourth-order valence-electron chi connectivity index (χ4n) is 1.62. The van der Waals surface area contributed by atoms with Crippen LogP contribution in [0.25, 0.3) is 0 Å². The van der Waals surface area contributed by atoms with Crippen LogP contribution in [-0.4, -0.2) is 17.6 Å². The van der Waals surface area contributed by atoms with Crippen LogP contribution in [0.3, 0.4) is 0 Å². The standard InChI is InChI=1S/C16H12N2O2S/c17-10-12-3-5-13(6-4-12)11-18-16(20)15-8-7-14(21-15)2-1-9-19/h3-8,19H,9,11H2,(H,18,20). The Morgan fingerprint density at radius 1 is 1.24 bits per heavy atom. The van der Waals surface area contributed by atoms with Gasteiger partial charge in [0, 0.05) is 6.54 Å². The Balaban J connectivity index is 1.95. The molecule has 0 radical (unpaired) electrons. The van der Waals surface area contributed by atoms with Crippen molar-refractivity contribution in [3.05, 3.63) is 57.3 Å². The van der Waals surface area contributed by atoms with Crippen LogP contribution >= 0.6 is 11.3 Å². The lowest BCUT2D eigenvalue weighted by molar-refractivity contribution is 0.0955. The number of hydrogen-bond donors (Lipinski definition) is 2. The maximum Gasteiger partial charge on any atom is 0.261 e. The van der Waals surface area contributed by atoms with Crippen molar-refractivity contribution >= 4 is 17.2 Å². The van der Waals surface area contributed by atoms with Crippen LogP contribution < -0.4 is 5.32 Å². The number of thiophene rings is 1. The van der Waals surface area contributed by atoms with E-state index in [9.17, 15) is 4.79 Å². The number of nitriles is 1. The second-order valence-electron chi connectivity index (χ2n) is 4.12. The lowest BCUT2D eigenvalue weighted by atomic mass is 10.1. The summed E-state index contributed by atoms with van der Waals surface area (Å²) in [6.07, 6.45) is 0. The number of aliphatic hydroxyl groups excluding tert-OH is 1. The molecule has 1 aromatic heterocycles. The van der Waals surface area contributed by atoms with Gasteiger partial charge in [-0.15, -0.1) is 11.3 Å². The highest BCUT2D eigenvalue weighted by Crippen LogP contribution is 2.15. The number of carbonyl (C=O) groups is 1. The third kappa shape index (κ3) is 4.19. The molecule has 104 valence electrons. The Bertz CT molecular complexity index is 730. The summed E-state index contributed by atoms with van der Waals surface area (Å²) in [7, 11) is 0. The molecule has 1 heterocycles. The second-order valence-corrected chi connectivity index (χ2v) is 5.20. The topological polar surface area (TPSA) is 73.1 Å². The van der Waals surface area contributed by atoms with E-state index in [2.05, 4.69) is 17.2 Å². The van der Waals surface area contributed by atoms with Crippen LogP contribution in [0.2, 0.25) is 0 Å². The Morgan fingerprint density at radius 2 is 2.00 bits per heavy atom. The molecule has 0 aliphatic carbocycles. The molecule has 21 heavy (non-hydrogen) atoms. The summed E-state index contributed by atoms with van der Waals surface area (Å²) in [6, 6.07) is 12.6. The fraction of sp³-hybridized carbons (Fsp3) is 0.125. The van der Waals surface area contributed by atoms with E-state index in [1.807, 2.05) is 18.2 Å². The number of aliphatic hydroxyl groups is 1. The SMILES string of the molecule is N#Cc1ccc(CNC(=O)c2ccc(C#CCO)s2)cc1. The largest absolute Gasteiger partial charge is 0.384 e. The van der Waals surface area contributed by atoms with Crippen LogP contribution in [-0.2, 0) is 6.54 Å². The van der Waals surface area contributed by atoms with Gasteiger partial charge in [0.05, 0.1) is 21.4 Å². The summed E-state index contributed by atoms with van der Waals surface area (Å²) in [5.74, 6) is 5.14. The van der Waals surface area contributed by atoms with Crippen molar-refractivity contribution in [2.75, 3.05) is 6.61 Å². The van der Waals surface area contributed by atoms with Gasteiger partial charge in [-0.25, -0.2) is 0 Å². The van der Waals surface area contributed by atoms with Gasteiger partial charge in [-0.2, -0.15) is 5.26 Å². The number of hydrogen-bond acceptors (Lipinski definition) is 4. The minimum Gasteiger partial charge on any atom is -0.384 e. The molecule has 2 N–H and O–H groups in total. The zero-order valence-electron chi connectivity index (χ0n) is 11.1. The Kier molecular flexibility index (Phi) is 5.11. The van der Waals surface area contributed by atoms with Crippen LogP contribution in [0.15, 0.2) is 36.4 Å². The molecule has 0 saturated heterocycles. The maximum atomic E-state index is 12.0. The first-order chi connectivity index (χ1) is 10.2. The molecule has 0 spiro atoms. The molecule has 4 nitrogen and oxygen atoms in total. The van der Waals surface area contributed by atoms with Gasteiger partial charge >= 0.3 is 0 Å². The van der Waals surface area contributed by atoms with Crippen molar-refractivity contribution in [2.45, 2.75) is 6.54 Å². The number of carbonyl (C=O) groups excluding carboxylic acids is 1. The summed E-state index contributed by atoms with van der Waals surface area (Å²) < 4.78 is 0. The van der Waals surface area contributed by atoms with E-state index < -0.39 is 0 Å². The van der Waals surface area contributed by atoms with Gasteiger partial charge in [-0.05, 0) is 29.8 Å². The molecule has 1 aromatic carbocycles. The predicted octanol–water partition coefficient (Wildman–Crippen LogP) is 1.89. The van der Waals surface area contributed by atoms with Crippen molar-refractivity contribution in [1.82, 2.24) is 5.32 Å². The summed E-state index contributed by atoms with van der Waals surface area (Å²) in [6.45, 7) is 0.207. The van der Waals surface area contributed by atoms with Crippen molar-refractivity contribution in [3.8, 4) is 17.9 Å². The van der Waals surface area contributed by atoms with Crippen molar-refractivity contribution in [1.29, 1.82) is 5.26 Å². The minimum absolute atomic E-state index is 0.165. The Hall–Kier alpha value is -2.60. The third-order valence-electron chi connectivity index (χ3n) is 2.66. The van der Waals surface area contributed by atoms with E-state index in [1.54, 1.807) is 24.3 Å². The highest BCUT2D eigenvalue weighted by Gasteiger charge is 2.08. The molecule has 0 atom stereocenters. The number of nitrogens with one attached hydrogen (secondary N) is 1. The second kappa shape index (κ2) is 7.25. The van der Waals surface area contributed by atoms with Gasteiger partial charge in [0.15, 0.2) is 0 Å². The first-order valence-electron chi connectivity index (χ1n) is 6.19. The highest BCUT2D eigenvalue weighted by molar-refractivity contribution is 7.14. The van der Waals surface area contributed by atoms with E-state index in [0.29, 0.717) is 17.0 Å². The molecular weight excluding hydrogens is 284 g/mol. The van der Waals surface area contributed by atoms with E-state index >= 15 is 0 Å². The maximum absolute atomic E-state index is 12.0. The van der Waals surface area contributed by atoms with Gasteiger partial charge in [0.25, 0.3) is 5.91 Å². The lowest BCUT2D eigenvalue weighted by Gasteiger charge is -2.03. The molecule has 0 fully saturated rings. The first-order valence-corrected chi connectivity index (χ1v) is 7.01. The number of amides is 1. The van der Waals surface area contributed by atoms with E-state index in [0.717, 1.165) is 10.4 Å². The van der Waals surface area contributed by atoms with Gasteiger partial charge < -0.3 is 10.4 Å². The molecule has 0 unspecified atom stereocenters. The zero-order chi connectivity index (χ0) is 15.1. The number of rotatable bonds is 3. The highest BCUT2D eigenvalue weighted by atomic mass is 32.1. The molecule has 2 aromatic rings. The Labute approximate surface area is 126 Å². The van der Waals surface area contributed by atoms with Crippen molar-refractivity contribution in [2.24, 2.45) is 0 Å². The molecule has 0 aliphatic heterocycles.